The molecule has 1 atom stereocenters. The van der Waals surface area contributed by atoms with Crippen molar-refractivity contribution in [1.82, 2.24) is 5.32 Å². The Morgan fingerprint density at radius 2 is 2.00 bits per heavy atom. The van der Waals surface area contributed by atoms with Crippen molar-refractivity contribution in [3.63, 3.8) is 0 Å². The molecular weight excluding hydrogens is 358 g/mol. The van der Waals surface area contributed by atoms with Gasteiger partial charge in [-0.3, -0.25) is 9.59 Å². The molecule has 1 saturated heterocycles. The van der Waals surface area contributed by atoms with Gasteiger partial charge < -0.3 is 20.3 Å². The van der Waals surface area contributed by atoms with Gasteiger partial charge in [-0.15, -0.1) is 0 Å². The van der Waals surface area contributed by atoms with E-state index < -0.39 is 5.97 Å². The number of amides is 2. The minimum absolute atomic E-state index is 0.0455. The first-order valence-electron chi connectivity index (χ1n) is 9.31. The van der Waals surface area contributed by atoms with Crippen LogP contribution in [0.2, 0.25) is 0 Å². The Bertz CT molecular complexity index is 913. The van der Waals surface area contributed by atoms with Gasteiger partial charge in [0, 0.05) is 13.1 Å². The number of carbonyl (C=O) groups excluding carboxylic acids is 3. The number of fused-ring (bicyclic) bond motifs is 3. The zero-order valence-electron chi connectivity index (χ0n) is 15.3. The maximum atomic E-state index is 12.3. The van der Waals surface area contributed by atoms with Crippen LogP contribution in [0.4, 0.5) is 11.4 Å². The van der Waals surface area contributed by atoms with Crippen molar-refractivity contribution in [2.24, 2.45) is 0 Å². The first-order valence-corrected chi connectivity index (χ1v) is 9.31. The van der Waals surface area contributed by atoms with Gasteiger partial charge >= 0.3 is 5.97 Å². The molecule has 4 rings (SSSR count). The molecule has 0 spiro atoms. The lowest BCUT2D eigenvalue weighted by molar-refractivity contribution is -0.124. The third-order valence-electron chi connectivity index (χ3n) is 5.02. The maximum Gasteiger partial charge on any atom is 0.338 e. The number of esters is 1. The van der Waals surface area contributed by atoms with Gasteiger partial charge in [-0.2, -0.15) is 0 Å². The summed E-state index contributed by atoms with van der Waals surface area (Å²) in [5.74, 6) is -1.02. The average Bonchev–Trinajstić information content (AvgIpc) is 3.22. The van der Waals surface area contributed by atoms with Crippen molar-refractivity contribution in [3.05, 3.63) is 59.7 Å². The first-order chi connectivity index (χ1) is 13.6. The second-order valence-electron chi connectivity index (χ2n) is 6.91. The summed E-state index contributed by atoms with van der Waals surface area (Å²) < 4.78 is 5.11. The highest BCUT2D eigenvalue weighted by atomic mass is 16.5. The van der Waals surface area contributed by atoms with Gasteiger partial charge in [0.15, 0.2) is 6.61 Å². The summed E-state index contributed by atoms with van der Waals surface area (Å²) in [6, 6.07) is 14.4. The predicted octanol–water partition coefficient (Wildman–Crippen LogP) is 2.08. The van der Waals surface area contributed by atoms with E-state index in [1.165, 1.54) is 0 Å². The Morgan fingerprint density at radius 1 is 1.18 bits per heavy atom. The van der Waals surface area contributed by atoms with Crippen LogP contribution in [0.25, 0.3) is 0 Å². The number of carbonyl (C=O) groups is 3. The van der Waals surface area contributed by atoms with Crippen LogP contribution in [-0.4, -0.2) is 37.0 Å². The lowest BCUT2D eigenvalue weighted by Crippen LogP contribution is -2.43. The second kappa shape index (κ2) is 7.72. The highest BCUT2D eigenvalue weighted by Gasteiger charge is 2.36. The smallest absolute Gasteiger partial charge is 0.338 e. The van der Waals surface area contributed by atoms with Gasteiger partial charge in [-0.1, -0.05) is 30.3 Å². The molecule has 0 unspecified atom stereocenters. The molecule has 144 valence electrons. The summed E-state index contributed by atoms with van der Waals surface area (Å²) in [5.41, 5.74) is 2.78. The van der Waals surface area contributed by atoms with Gasteiger partial charge in [0.05, 0.1) is 16.9 Å². The number of hydrogen-bond acceptors (Lipinski definition) is 5. The van der Waals surface area contributed by atoms with Crippen molar-refractivity contribution >= 4 is 29.2 Å². The fourth-order valence-electron chi connectivity index (χ4n) is 3.62. The summed E-state index contributed by atoms with van der Waals surface area (Å²) >= 11 is 0. The van der Waals surface area contributed by atoms with E-state index in [-0.39, 0.29) is 24.5 Å². The molecule has 2 aliphatic rings. The number of hydrogen-bond donors (Lipinski definition) is 2. The molecule has 0 bridgehead atoms. The summed E-state index contributed by atoms with van der Waals surface area (Å²) in [6.07, 6.45) is 1.81. The van der Waals surface area contributed by atoms with Crippen LogP contribution in [0, 0.1) is 0 Å². The number of rotatable bonds is 5. The van der Waals surface area contributed by atoms with E-state index in [0.29, 0.717) is 17.8 Å². The van der Waals surface area contributed by atoms with E-state index in [0.717, 1.165) is 30.6 Å². The van der Waals surface area contributed by atoms with E-state index in [1.807, 2.05) is 36.4 Å². The van der Waals surface area contributed by atoms with Crippen molar-refractivity contribution in [1.29, 1.82) is 0 Å². The van der Waals surface area contributed by atoms with Crippen LogP contribution in [-0.2, 0) is 20.9 Å². The minimum atomic E-state index is -0.601. The van der Waals surface area contributed by atoms with Crippen LogP contribution >= 0.6 is 0 Å². The molecule has 1 fully saturated rings. The second-order valence-corrected chi connectivity index (χ2v) is 6.91. The molecule has 0 aromatic heterocycles. The Hall–Kier alpha value is -3.35. The Labute approximate surface area is 162 Å². The van der Waals surface area contributed by atoms with Crippen LogP contribution in [0.1, 0.15) is 28.8 Å². The number of nitrogens with zero attached hydrogens (tertiary/aromatic N) is 1. The molecule has 0 saturated carbocycles. The Kier molecular flexibility index (Phi) is 4.97. The molecule has 7 heteroatoms. The molecule has 7 nitrogen and oxygen atoms in total. The van der Waals surface area contributed by atoms with Gasteiger partial charge in [0.2, 0.25) is 5.91 Å². The lowest BCUT2D eigenvalue weighted by atomic mass is 10.1. The summed E-state index contributed by atoms with van der Waals surface area (Å²) in [4.78, 5) is 38.5. The fourth-order valence-corrected chi connectivity index (χ4v) is 3.62. The van der Waals surface area contributed by atoms with E-state index in [1.54, 1.807) is 12.1 Å². The fraction of sp³-hybridized carbons (Fsp3) is 0.286. The number of ether oxygens (including phenoxy) is 1. The molecule has 2 amide bonds. The van der Waals surface area contributed by atoms with Crippen molar-refractivity contribution in [2.45, 2.75) is 25.4 Å². The normalized spacial score (nSPS) is 17.4. The van der Waals surface area contributed by atoms with Crippen LogP contribution in [0.5, 0.6) is 0 Å². The minimum Gasteiger partial charge on any atom is -0.452 e. The summed E-state index contributed by atoms with van der Waals surface area (Å²) in [6.45, 7) is 0.846. The third-order valence-corrected chi connectivity index (χ3v) is 5.02. The highest BCUT2D eigenvalue weighted by Crippen LogP contribution is 2.37. The van der Waals surface area contributed by atoms with Crippen molar-refractivity contribution < 1.29 is 19.1 Å². The molecule has 2 N–H and O–H groups in total. The lowest BCUT2D eigenvalue weighted by Gasteiger charge is -2.33. The highest BCUT2D eigenvalue weighted by molar-refractivity contribution is 6.05. The summed E-state index contributed by atoms with van der Waals surface area (Å²) in [7, 11) is 0. The number of benzene rings is 2. The number of nitrogens with one attached hydrogen (secondary N) is 2. The van der Waals surface area contributed by atoms with Crippen LogP contribution in [0.3, 0.4) is 0 Å². The topological polar surface area (TPSA) is 87.7 Å². The van der Waals surface area contributed by atoms with Crippen LogP contribution < -0.4 is 15.5 Å². The zero-order chi connectivity index (χ0) is 19.5. The molecule has 2 heterocycles. The molecule has 28 heavy (non-hydrogen) atoms. The SMILES string of the molecule is O=C(COC(=O)c1ccc2c(c1)NC(=O)[C@H]1CCCN21)NCc1ccccc1. The molecular formula is C21H21N3O4. The Morgan fingerprint density at radius 3 is 2.82 bits per heavy atom. The predicted molar refractivity (Wildman–Crippen MR) is 104 cm³/mol. The molecule has 2 aromatic carbocycles. The standard InChI is InChI=1S/C21H21N3O4/c25-19(22-12-14-5-2-1-3-6-14)13-28-21(27)15-8-9-17-16(11-15)23-20(26)18-7-4-10-24(17)18/h1-3,5-6,8-9,11,18H,4,7,10,12-13H2,(H,22,25)(H,23,26)/t18-/m1/s1. The monoisotopic (exact) mass is 379 g/mol. The molecule has 0 radical (unpaired) electrons. The largest absolute Gasteiger partial charge is 0.452 e. The van der Waals surface area contributed by atoms with Gasteiger partial charge in [0.1, 0.15) is 6.04 Å². The van der Waals surface area contributed by atoms with Gasteiger partial charge in [-0.25, -0.2) is 4.79 Å². The Balaban J connectivity index is 1.34. The quantitative estimate of drug-likeness (QED) is 0.777. The van der Waals surface area contributed by atoms with E-state index in [9.17, 15) is 14.4 Å². The van der Waals surface area contributed by atoms with Gasteiger partial charge in [-0.05, 0) is 36.6 Å². The average molecular weight is 379 g/mol. The maximum absolute atomic E-state index is 12.3. The molecule has 0 aliphatic carbocycles. The zero-order valence-corrected chi connectivity index (χ0v) is 15.3. The van der Waals surface area contributed by atoms with Crippen LogP contribution in [0.15, 0.2) is 48.5 Å². The molecule has 2 aliphatic heterocycles. The van der Waals surface area contributed by atoms with Crippen molar-refractivity contribution in [3.8, 4) is 0 Å². The van der Waals surface area contributed by atoms with E-state index in [2.05, 4.69) is 15.5 Å². The van der Waals surface area contributed by atoms with Gasteiger partial charge in [0.25, 0.3) is 5.91 Å². The first kappa shape index (κ1) is 18.0. The van der Waals surface area contributed by atoms with E-state index in [4.69, 9.17) is 4.74 Å². The molecule has 2 aromatic rings. The van der Waals surface area contributed by atoms with E-state index >= 15 is 0 Å². The third kappa shape index (κ3) is 3.69. The summed E-state index contributed by atoms with van der Waals surface area (Å²) in [5, 5.41) is 5.57. The number of anilines is 2. The van der Waals surface area contributed by atoms with Crippen molar-refractivity contribution in [2.75, 3.05) is 23.4 Å².